The van der Waals surface area contributed by atoms with E-state index in [0.29, 0.717) is 15.7 Å². The molecule has 0 spiro atoms. The predicted octanol–water partition coefficient (Wildman–Crippen LogP) is 7.58. The van der Waals surface area contributed by atoms with Gasteiger partial charge in [0, 0.05) is 27.9 Å². The van der Waals surface area contributed by atoms with Crippen molar-refractivity contribution in [2.45, 2.75) is 39.4 Å². The molecular formula is C25H22Cl2N2O3S. The Morgan fingerprint density at radius 3 is 2.39 bits per heavy atom. The van der Waals surface area contributed by atoms with Crippen LogP contribution < -0.4 is 0 Å². The number of nitrogens with zero attached hydrogens (tertiary/aromatic N) is 2. The Kier molecular flexibility index (Phi) is 6.47. The molecule has 0 amide bonds. The number of thiazole rings is 1. The van der Waals surface area contributed by atoms with Gasteiger partial charge in [-0.15, -0.1) is 11.3 Å². The molecule has 2 aromatic carbocycles. The summed E-state index contributed by atoms with van der Waals surface area (Å²) in [5.74, 6) is -1.05. The molecule has 0 aliphatic heterocycles. The number of pyridine rings is 1. The van der Waals surface area contributed by atoms with Crippen molar-refractivity contribution in [3.63, 3.8) is 0 Å². The Morgan fingerprint density at radius 2 is 1.79 bits per heavy atom. The van der Waals surface area contributed by atoms with Gasteiger partial charge in [-0.1, -0.05) is 35.3 Å². The molecule has 2 aromatic heterocycles. The molecule has 0 aliphatic rings. The van der Waals surface area contributed by atoms with Crippen LogP contribution in [0, 0.1) is 6.92 Å². The van der Waals surface area contributed by atoms with Gasteiger partial charge in [0.1, 0.15) is 10.2 Å². The Morgan fingerprint density at radius 1 is 1.09 bits per heavy atom. The van der Waals surface area contributed by atoms with E-state index in [1.807, 2.05) is 52.0 Å². The first-order valence-corrected chi connectivity index (χ1v) is 11.8. The normalized spacial score (nSPS) is 12.8. The van der Waals surface area contributed by atoms with Crippen LogP contribution in [-0.2, 0) is 9.53 Å². The van der Waals surface area contributed by atoms with E-state index in [2.05, 4.69) is 4.98 Å². The van der Waals surface area contributed by atoms with Gasteiger partial charge >= 0.3 is 5.97 Å². The monoisotopic (exact) mass is 500 g/mol. The minimum Gasteiger partial charge on any atom is -0.479 e. The predicted molar refractivity (Wildman–Crippen MR) is 134 cm³/mol. The number of aryl methyl sites for hydroxylation is 1. The molecule has 1 unspecified atom stereocenters. The molecule has 0 saturated heterocycles. The highest BCUT2D eigenvalue weighted by molar-refractivity contribution is 7.22. The van der Waals surface area contributed by atoms with E-state index in [1.54, 1.807) is 24.4 Å². The fourth-order valence-corrected chi connectivity index (χ4v) is 5.12. The fourth-order valence-electron chi connectivity index (χ4n) is 3.70. The quantitative estimate of drug-likeness (QED) is 0.286. The van der Waals surface area contributed by atoms with Crippen molar-refractivity contribution in [3.05, 3.63) is 70.0 Å². The third kappa shape index (κ3) is 5.04. The lowest BCUT2D eigenvalue weighted by Crippen LogP contribution is -2.28. The first kappa shape index (κ1) is 23.6. The van der Waals surface area contributed by atoms with Gasteiger partial charge in [0.2, 0.25) is 0 Å². The molecule has 170 valence electrons. The number of carboxylic acids is 1. The Balaban J connectivity index is 2.04. The topological polar surface area (TPSA) is 72.3 Å². The molecule has 8 heteroatoms. The molecule has 0 fully saturated rings. The summed E-state index contributed by atoms with van der Waals surface area (Å²) in [5.41, 5.74) is 3.97. The standard InChI is InChI=1S/C25H22Cl2N2O3S/c1-13-11-17-22(33-23(29-17)15-9-10-28-18(27)12-15)20(14-5-7-16(26)8-6-14)19(13)21(24(30)31)32-25(2,3)4/h5-12,21H,1-4H3,(H,30,31). The highest BCUT2D eigenvalue weighted by Gasteiger charge is 2.32. The molecule has 0 radical (unpaired) electrons. The van der Waals surface area contributed by atoms with Crippen molar-refractivity contribution in [3.8, 4) is 21.7 Å². The van der Waals surface area contributed by atoms with E-state index < -0.39 is 17.7 Å². The molecule has 0 saturated carbocycles. The van der Waals surface area contributed by atoms with Crippen molar-refractivity contribution >= 4 is 50.7 Å². The second-order valence-electron chi connectivity index (χ2n) is 8.67. The maximum atomic E-state index is 12.4. The molecule has 4 aromatic rings. The van der Waals surface area contributed by atoms with E-state index >= 15 is 0 Å². The molecule has 33 heavy (non-hydrogen) atoms. The van der Waals surface area contributed by atoms with E-state index in [-0.39, 0.29) is 0 Å². The number of benzene rings is 2. The third-order valence-corrected chi connectivity index (χ3v) is 6.59. The number of hydrogen-bond acceptors (Lipinski definition) is 5. The Hall–Kier alpha value is -2.51. The van der Waals surface area contributed by atoms with E-state index in [1.165, 1.54) is 11.3 Å². The largest absolute Gasteiger partial charge is 0.479 e. The van der Waals surface area contributed by atoms with Crippen LogP contribution in [0.4, 0.5) is 0 Å². The van der Waals surface area contributed by atoms with Crippen LogP contribution >= 0.6 is 34.5 Å². The van der Waals surface area contributed by atoms with Crippen molar-refractivity contribution < 1.29 is 14.6 Å². The fraction of sp³-hybridized carbons (Fsp3) is 0.240. The summed E-state index contributed by atoms with van der Waals surface area (Å²) in [6, 6.07) is 12.9. The maximum Gasteiger partial charge on any atom is 0.337 e. The lowest BCUT2D eigenvalue weighted by Gasteiger charge is -2.28. The summed E-state index contributed by atoms with van der Waals surface area (Å²) in [6.07, 6.45) is 0.485. The highest BCUT2D eigenvalue weighted by atomic mass is 35.5. The Labute approximate surface area is 206 Å². The zero-order valence-corrected chi connectivity index (χ0v) is 20.8. The van der Waals surface area contributed by atoms with Gasteiger partial charge in [0.25, 0.3) is 0 Å². The maximum absolute atomic E-state index is 12.4. The van der Waals surface area contributed by atoms with Gasteiger partial charge in [-0.05, 0) is 69.2 Å². The van der Waals surface area contributed by atoms with E-state index in [0.717, 1.165) is 37.5 Å². The summed E-state index contributed by atoms with van der Waals surface area (Å²) in [6.45, 7) is 7.42. The first-order valence-electron chi connectivity index (χ1n) is 10.3. The smallest absolute Gasteiger partial charge is 0.337 e. The zero-order chi connectivity index (χ0) is 23.9. The number of fused-ring (bicyclic) bond motifs is 1. The Bertz CT molecular complexity index is 1340. The second-order valence-corrected chi connectivity index (χ2v) is 10.5. The third-order valence-electron chi connectivity index (χ3n) is 4.99. The average molecular weight is 501 g/mol. The average Bonchev–Trinajstić information content (AvgIpc) is 3.15. The molecule has 5 nitrogen and oxygen atoms in total. The first-order chi connectivity index (χ1) is 15.5. The van der Waals surface area contributed by atoms with Crippen LogP contribution in [0.2, 0.25) is 10.2 Å². The zero-order valence-electron chi connectivity index (χ0n) is 18.5. The van der Waals surface area contributed by atoms with Gasteiger partial charge in [-0.25, -0.2) is 14.8 Å². The molecule has 0 bridgehead atoms. The lowest BCUT2D eigenvalue weighted by atomic mass is 9.91. The van der Waals surface area contributed by atoms with Crippen LogP contribution in [0.15, 0.2) is 48.7 Å². The minimum atomic E-state index is -1.15. The molecular weight excluding hydrogens is 479 g/mol. The minimum absolute atomic E-state index is 0.381. The number of aliphatic carboxylic acids is 1. The summed E-state index contributed by atoms with van der Waals surface area (Å²) >= 11 is 13.7. The van der Waals surface area contributed by atoms with Crippen LogP contribution in [0.5, 0.6) is 0 Å². The van der Waals surface area contributed by atoms with Gasteiger partial charge in [0.15, 0.2) is 6.10 Å². The van der Waals surface area contributed by atoms with Crippen LogP contribution in [-0.4, -0.2) is 26.6 Å². The number of carbonyl (C=O) groups is 1. The molecule has 1 N–H and O–H groups in total. The van der Waals surface area contributed by atoms with Gasteiger partial charge in [-0.3, -0.25) is 0 Å². The lowest BCUT2D eigenvalue weighted by molar-refractivity contribution is -0.160. The molecule has 1 atom stereocenters. The second kappa shape index (κ2) is 9.03. The highest BCUT2D eigenvalue weighted by Crippen LogP contribution is 2.44. The number of aromatic nitrogens is 2. The number of halogens is 2. The van der Waals surface area contributed by atoms with Crippen molar-refractivity contribution in [1.82, 2.24) is 9.97 Å². The van der Waals surface area contributed by atoms with Crippen LogP contribution in [0.1, 0.15) is 38.0 Å². The van der Waals surface area contributed by atoms with Crippen LogP contribution in [0.25, 0.3) is 31.9 Å². The van der Waals surface area contributed by atoms with Crippen LogP contribution in [0.3, 0.4) is 0 Å². The van der Waals surface area contributed by atoms with Gasteiger partial charge in [-0.2, -0.15) is 0 Å². The van der Waals surface area contributed by atoms with Crippen molar-refractivity contribution in [1.29, 1.82) is 0 Å². The molecule has 0 aliphatic carbocycles. The SMILES string of the molecule is Cc1cc2nc(-c3ccnc(Cl)c3)sc2c(-c2ccc(Cl)cc2)c1C(OC(C)(C)C)C(=O)O. The molecule has 4 rings (SSSR count). The summed E-state index contributed by atoms with van der Waals surface area (Å²) in [7, 11) is 0. The summed E-state index contributed by atoms with van der Waals surface area (Å²) in [4.78, 5) is 21.3. The van der Waals surface area contributed by atoms with Gasteiger partial charge in [0.05, 0.1) is 15.8 Å². The number of ether oxygens (including phenoxy) is 1. The van der Waals surface area contributed by atoms with E-state index in [4.69, 9.17) is 32.9 Å². The van der Waals surface area contributed by atoms with Crippen molar-refractivity contribution in [2.24, 2.45) is 0 Å². The summed E-state index contributed by atoms with van der Waals surface area (Å²) in [5, 5.41) is 11.9. The number of hydrogen-bond donors (Lipinski definition) is 1. The number of carboxylic acid groups (broad SMARTS) is 1. The molecule has 2 heterocycles. The van der Waals surface area contributed by atoms with Gasteiger partial charge < -0.3 is 9.84 Å². The number of rotatable bonds is 5. The van der Waals surface area contributed by atoms with E-state index in [9.17, 15) is 9.90 Å². The van der Waals surface area contributed by atoms with Crippen molar-refractivity contribution in [2.75, 3.05) is 0 Å². The summed E-state index contributed by atoms with van der Waals surface area (Å²) < 4.78 is 6.91.